The third-order valence-corrected chi connectivity index (χ3v) is 6.79. The van der Waals surface area contributed by atoms with E-state index in [1.54, 1.807) is 25.6 Å². The van der Waals surface area contributed by atoms with Gasteiger partial charge in [0.25, 0.3) is 0 Å². The fraction of sp³-hybridized carbons (Fsp3) is 0.360. The topological polar surface area (TPSA) is 51.7 Å². The van der Waals surface area contributed by atoms with Gasteiger partial charge in [0.05, 0.1) is 26.3 Å². The van der Waals surface area contributed by atoms with Crippen LogP contribution >= 0.6 is 11.3 Å². The van der Waals surface area contributed by atoms with E-state index in [4.69, 9.17) is 14.5 Å². The van der Waals surface area contributed by atoms with E-state index in [2.05, 4.69) is 30.3 Å². The minimum Gasteiger partial charge on any atom is -0.493 e. The molecule has 2 aromatic carbocycles. The summed E-state index contributed by atoms with van der Waals surface area (Å²) in [4.78, 5) is 19.5. The molecular weight excluding hydrogens is 408 g/mol. The van der Waals surface area contributed by atoms with Gasteiger partial charge < -0.3 is 14.4 Å². The van der Waals surface area contributed by atoms with Gasteiger partial charge in [-0.15, -0.1) is 11.3 Å². The third-order valence-electron chi connectivity index (χ3n) is 5.85. The molecule has 1 aliphatic rings. The van der Waals surface area contributed by atoms with Gasteiger partial charge in [0.15, 0.2) is 11.5 Å². The van der Waals surface area contributed by atoms with Crippen LogP contribution in [-0.4, -0.2) is 43.1 Å². The number of ether oxygens (including phenoxy) is 2. The number of methoxy groups -OCH3 is 2. The molecule has 1 fully saturated rings. The molecule has 0 aliphatic carbocycles. The molecule has 4 rings (SSSR count). The summed E-state index contributed by atoms with van der Waals surface area (Å²) < 4.78 is 10.7. The Labute approximate surface area is 187 Å². The van der Waals surface area contributed by atoms with Crippen LogP contribution < -0.4 is 9.47 Å². The first-order valence-corrected chi connectivity index (χ1v) is 11.5. The number of thiazole rings is 1. The lowest BCUT2D eigenvalue weighted by Crippen LogP contribution is -2.39. The normalized spacial score (nSPS) is 14.5. The van der Waals surface area contributed by atoms with Crippen LogP contribution in [-0.2, 0) is 17.6 Å². The highest BCUT2D eigenvalue weighted by atomic mass is 32.1. The number of amides is 1. The Morgan fingerprint density at radius 3 is 2.52 bits per heavy atom. The van der Waals surface area contributed by atoms with Crippen molar-refractivity contribution in [3.63, 3.8) is 0 Å². The average molecular weight is 437 g/mol. The molecule has 0 spiro atoms. The fourth-order valence-electron chi connectivity index (χ4n) is 4.09. The molecule has 6 heteroatoms. The summed E-state index contributed by atoms with van der Waals surface area (Å²) in [5.74, 6) is 2.18. The van der Waals surface area contributed by atoms with Gasteiger partial charge in [-0.1, -0.05) is 30.3 Å². The maximum atomic E-state index is 12.8. The number of piperidine rings is 1. The second-order valence-corrected chi connectivity index (χ2v) is 8.76. The van der Waals surface area contributed by atoms with Crippen molar-refractivity contribution in [2.45, 2.75) is 25.7 Å². The van der Waals surface area contributed by atoms with E-state index in [9.17, 15) is 4.79 Å². The van der Waals surface area contributed by atoms with Crippen molar-refractivity contribution in [3.8, 4) is 22.1 Å². The Bertz CT molecular complexity index is 1010. The maximum Gasteiger partial charge on any atom is 0.228 e. The van der Waals surface area contributed by atoms with Gasteiger partial charge in [0, 0.05) is 24.0 Å². The summed E-state index contributed by atoms with van der Waals surface area (Å²) >= 11 is 1.55. The molecule has 0 saturated carbocycles. The van der Waals surface area contributed by atoms with E-state index in [1.165, 1.54) is 5.56 Å². The molecule has 162 valence electrons. The van der Waals surface area contributed by atoms with Gasteiger partial charge in [0.2, 0.25) is 5.91 Å². The molecule has 2 heterocycles. The Kier molecular flexibility index (Phi) is 6.87. The molecule has 0 radical (unpaired) electrons. The maximum absolute atomic E-state index is 12.8. The van der Waals surface area contributed by atoms with Crippen molar-refractivity contribution in [1.29, 1.82) is 0 Å². The van der Waals surface area contributed by atoms with Gasteiger partial charge >= 0.3 is 0 Å². The van der Waals surface area contributed by atoms with Gasteiger partial charge in [-0.25, -0.2) is 4.98 Å². The minimum atomic E-state index is 0.169. The summed E-state index contributed by atoms with van der Waals surface area (Å²) in [6.45, 7) is 1.67. The summed E-state index contributed by atoms with van der Waals surface area (Å²) in [7, 11) is 3.24. The van der Waals surface area contributed by atoms with Crippen molar-refractivity contribution in [2.24, 2.45) is 5.92 Å². The summed E-state index contributed by atoms with van der Waals surface area (Å²) in [5, 5.41) is 2.86. The second-order valence-electron chi connectivity index (χ2n) is 7.90. The molecular formula is C25H28N2O3S. The molecule has 1 saturated heterocycles. The van der Waals surface area contributed by atoms with Crippen LogP contribution in [0.2, 0.25) is 0 Å². The highest BCUT2D eigenvalue weighted by Gasteiger charge is 2.23. The van der Waals surface area contributed by atoms with E-state index in [1.807, 2.05) is 28.5 Å². The second kappa shape index (κ2) is 9.96. The molecule has 3 aromatic rings. The van der Waals surface area contributed by atoms with Crippen LogP contribution in [0.4, 0.5) is 0 Å². The molecule has 0 atom stereocenters. The molecule has 1 amide bonds. The summed E-state index contributed by atoms with van der Waals surface area (Å²) in [6, 6.07) is 16.4. The number of likely N-dealkylation sites (tertiary alicyclic amines) is 1. The van der Waals surface area contributed by atoms with Crippen LogP contribution in [0.15, 0.2) is 53.9 Å². The van der Waals surface area contributed by atoms with Crippen molar-refractivity contribution in [1.82, 2.24) is 9.88 Å². The molecule has 0 N–H and O–H groups in total. The highest BCUT2D eigenvalue weighted by molar-refractivity contribution is 7.13. The van der Waals surface area contributed by atoms with Crippen LogP contribution in [0.1, 0.15) is 24.1 Å². The van der Waals surface area contributed by atoms with E-state index in [-0.39, 0.29) is 5.91 Å². The van der Waals surface area contributed by atoms with Crippen molar-refractivity contribution in [3.05, 3.63) is 65.2 Å². The zero-order chi connectivity index (χ0) is 21.6. The van der Waals surface area contributed by atoms with Crippen molar-refractivity contribution >= 4 is 17.2 Å². The van der Waals surface area contributed by atoms with E-state index in [0.29, 0.717) is 23.8 Å². The monoisotopic (exact) mass is 436 g/mol. The Morgan fingerprint density at radius 1 is 1.06 bits per heavy atom. The number of rotatable bonds is 7. The largest absolute Gasteiger partial charge is 0.493 e. The molecule has 5 nitrogen and oxygen atoms in total. The predicted octanol–water partition coefficient (Wildman–Crippen LogP) is 4.85. The quantitative estimate of drug-likeness (QED) is 0.531. The number of hydrogen-bond donors (Lipinski definition) is 0. The first-order valence-electron chi connectivity index (χ1n) is 10.6. The first-order chi connectivity index (χ1) is 15.2. The zero-order valence-corrected chi connectivity index (χ0v) is 18.9. The number of carbonyl (C=O) groups excluding carboxylic acids is 1. The van der Waals surface area contributed by atoms with Gasteiger partial charge in [0.1, 0.15) is 5.01 Å². The lowest BCUT2D eigenvalue weighted by Gasteiger charge is -2.32. The Morgan fingerprint density at radius 2 is 1.81 bits per heavy atom. The number of benzene rings is 2. The average Bonchev–Trinajstić information content (AvgIpc) is 3.28. The van der Waals surface area contributed by atoms with Gasteiger partial charge in [-0.05, 0) is 48.9 Å². The molecule has 1 aromatic heterocycles. The van der Waals surface area contributed by atoms with Crippen LogP contribution in [0.3, 0.4) is 0 Å². The summed E-state index contributed by atoms with van der Waals surface area (Å²) in [5.41, 5.74) is 3.17. The fourth-order valence-corrected chi connectivity index (χ4v) is 4.91. The van der Waals surface area contributed by atoms with Crippen molar-refractivity contribution < 1.29 is 14.3 Å². The molecule has 0 bridgehead atoms. The van der Waals surface area contributed by atoms with E-state index < -0.39 is 0 Å². The number of hydrogen-bond acceptors (Lipinski definition) is 5. The van der Waals surface area contributed by atoms with Gasteiger partial charge in [-0.2, -0.15) is 0 Å². The SMILES string of the molecule is COc1ccc(-c2nc(CC(=O)N3CCC(Cc4ccccc4)CC3)cs2)cc1OC. The Balaban J connectivity index is 1.32. The standard InChI is InChI=1S/C25H28N2O3S/c1-29-22-9-8-20(15-23(22)30-2)25-26-21(17-31-25)16-24(28)27-12-10-19(11-13-27)14-18-6-4-3-5-7-18/h3-9,15,17,19H,10-14,16H2,1-2H3. The molecule has 0 unspecified atom stereocenters. The third kappa shape index (κ3) is 5.25. The number of aromatic nitrogens is 1. The first kappa shape index (κ1) is 21.4. The zero-order valence-electron chi connectivity index (χ0n) is 18.0. The van der Waals surface area contributed by atoms with Gasteiger partial charge in [-0.3, -0.25) is 4.79 Å². The minimum absolute atomic E-state index is 0.169. The lowest BCUT2D eigenvalue weighted by atomic mass is 9.90. The highest BCUT2D eigenvalue weighted by Crippen LogP contribution is 2.33. The molecule has 1 aliphatic heterocycles. The van der Waals surface area contributed by atoms with Crippen LogP contribution in [0.25, 0.3) is 10.6 Å². The van der Waals surface area contributed by atoms with Crippen molar-refractivity contribution in [2.75, 3.05) is 27.3 Å². The summed E-state index contributed by atoms with van der Waals surface area (Å²) in [6.07, 6.45) is 3.58. The number of nitrogens with zero attached hydrogens (tertiary/aromatic N) is 2. The van der Waals surface area contributed by atoms with Crippen LogP contribution in [0, 0.1) is 5.92 Å². The number of carbonyl (C=O) groups is 1. The molecule has 31 heavy (non-hydrogen) atoms. The van der Waals surface area contributed by atoms with E-state index >= 15 is 0 Å². The Hall–Kier alpha value is -2.86. The lowest BCUT2D eigenvalue weighted by molar-refractivity contribution is -0.131. The smallest absolute Gasteiger partial charge is 0.228 e. The predicted molar refractivity (Wildman–Crippen MR) is 124 cm³/mol. The van der Waals surface area contributed by atoms with E-state index in [0.717, 1.165) is 48.6 Å². The van der Waals surface area contributed by atoms with Crippen LogP contribution in [0.5, 0.6) is 11.5 Å².